The van der Waals surface area contributed by atoms with Crippen LogP contribution in [0.3, 0.4) is 0 Å². The average Bonchev–Trinajstić information content (AvgIpc) is 3.50. The number of aliphatic imine (C=N–C) groups is 1. The smallest absolute Gasteiger partial charge is 0.382 e. The molecule has 3 aliphatic heterocycles. The minimum absolute atomic E-state index is 0.00792. The van der Waals surface area contributed by atoms with E-state index in [1.165, 1.54) is 12.1 Å². The Bertz CT molecular complexity index is 1500. The third-order valence-corrected chi connectivity index (χ3v) is 7.61. The summed E-state index contributed by atoms with van der Waals surface area (Å²) in [5.74, 6) is 0.261. The quantitative estimate of drug-likeness (QED) is 0.468. The van der Waals surface area contributed by atoms with Crippen LogP contribution in [-0.2, 0) is 4.79 Å². The number of carbonyl (C=O) groups excluding carboxylic acids is 2. The van der Waals surface area contributed by atoms with Gasteiger partial charge in [0.2, 0.25) is 5.91 Å². The van der Waals surface area contributed by atoms with Gasteiger partial charge in [-0.1, -0.05) is 12.1 Å². The van der Waals surface area contributed by atoms with Gasteiger partial charge in [0, 0.05) is 54.6 Å². The summed E-state index contributed by atoms with van der Waals surface area (Å²) in [5.41, 5.74) is 5.15. The number of nitrogen functional groups attached to an aromatic ring is 1. The Morgan fingerprint density at radius 2 is 1.97 bits per heavy atom. The van der Waals surface area contributed by atoms with Gasteiger partial charge in [-0.3, -0.25) is 14.0 Å². The lowest BCUT2D eigenvalue weighted by molar-refractivity contribution is -0.176. The van der Waals surface area contributed by atoms with E-state index in [0.717, 1.165) is 43.7 Å². The molecule has 6 rings (SSSR count). The molecule has 5 heterocycles. The van der Waals surface area contributed by atoms with E-state index >= 15 is 0 Å². The fourth-order valence-corrected chi connectivity index (χ4v) is 5.58. The van der Waals surface area contributed by atoms with Gasteiger partial charge in [-0.05, 0) is 37.5 Å². The topological polar surface area (TPSA) is 130 Å². The van der Waals surface area contributed by atoms with Crippen molar-refractivity contribution in [2.75, 3.05) is 12.3 Å². The van der Waals surface area contributed by atoms with Gasteiger partial charge in [0.05, 0.1) is 6.34 Å². The van der Waals surface area contributed by atoms with Crippen molar-refractivity contribution in [3.8, 4) is 11.3 Å². The first-order valence-corrected chi connectivity index (χ1v) is 12.6. The van der Waals surface area contributed by atoms with Crippen molar-refractivity contribution in [1.82, 2.24) is 29.9 Å². The number of nitrogens with one attached hydrogen (secondary N) is 2. The van der Waals surface area contributed by atoms with Gasteiger partial charge >= 0.3 is 6.18 Å². The van der Waals surface area contributed by atoms with Crippen molar-refractivity contribution >= 4 is 29.5 Å². The number of alkyl halides is 3. The first-order valence-electron chi connectivity index (χ1n) is 12.6. The van der Waals surface area contributed by atoms with Crippen LogP contribution in [0.5, 0.6) is 0 Å². The summed E-state index contributed by atoms with van der Waals surface area (Å²) in [6, 6.07) is 6.35. The number of nitrogens with zero attached hydrogens (tertiary/aromatic N) is 5. The van der Waals surface area contributed by atoms with Crippen molar-refractivity contribution in [1.29, 1.82) is 0 Å². The third kappa shape index (κ3) is 4.17. The molecule has 2 saturated heterocycles. The van der Waals surface area contributed by atoms with Crippen LogP contribution in [0.2, 0.25) is 0 Å². The number of piperidine rings is 1. The van der Waals surface area contributed by atoms with E-state index in [1.807, 2.05) is 14.6 Å². The van der Waals surface area contributed by atoms with Crippen LogP contribution in [0.25, 0.3) is 16.8 Å². The Hall–Kier alpha value is -4.42. The molecule has 2 amide bonds. The van der Waals surface area contributed by atoms with Gasteiger partial charge in [0.1, 0.15) is 22.9 Å². The lowest BCUT2D eigenvalue weighted by Gasteiger charge is -2.34. The Morgan fingerprint density at radius 1 is 1.18 bits per heavy atom. The summed E-state index contributed by atoms with van der Waals surface area (Å²) < 4.78 is 43.1. The van der Waals surface area contributed by atoms with E-state index in [9.17, 15) is 22.8 Å². The molecular formula is C26H25F3N8O2. The number of rotatable bonds is 4. The number of hydrogen-bond donors (Lipinski definition) is 3. The highest BCUT2D eigenvalue weighted by molar-refractivity contribution is 5.96. The predicted molar refractivity (Wildman–Crippen MR) is 137 cm³/mol. The second kappa shape index (κ2) is 9.10. The number of halogens is 3. The molecule has 4 N–H and O–H groups in total. The molecule has 0 saturated carbocycles. The number of amides is 2. The summed E-state index contributed by atoms with van der Waals surface area (Å²) in [7, 11) is 0. The van der Waals surface area contributed by atoms with Crippen LogP contribution in [0.15, 0.2) is 53.9 Å². The number of anilines is 1. The zero-order chi connectivity index (χ0) is 27.4. The SMILES string of the molecule is Nc1nccn2c([C@@H]3CC[C@H]4CCC(=O)N4C3)nc(-c3ccc(C(=O)NC4(C(F)(F)F)C=CNC=N4)cc3)c12. The van der Waals surface area contributed by atoms with E-state index in [1.54, 1.807) is 24.5 Å². The molecule has 3 atom stereocenters. The molecule has 2 aromatic heterocycles. The van der Waals surface area contributed by atoms with Crippen molar-refractivity contribution in [2.45, 2.75) is 49.5 Å². The summed E-state index contributed by atoms with van der Waals surface area (Å²) in [6.45, 7) is 0.580. The largest absolute Gasteiger partial charge is 0.436 e. The summed E-state index contributed by atoms with van der Waals surface area (Å²) in [5, 5.41) is 4.43. The summed E-state index contributed by atoms with van der Waals surface area (Å²) >= 11 is 0. The second-order valence-electron chi connectivity index (χ2n) is 9.92. The fourth-order valence-electron chi connectivity index (χ4n) is 5.58. The lowest BCUT2D eigenvalue weighted by Crippen LogP contribution is -2.57. The number of aromatic nitrogens is 3. The van der Waals surface area contributed by atoms with E-state index in [2.05, 4.69) is 15.3 Å². The van der Waals surface area contributed by atoms with Crippen molar-refractivity contribution in [2.24, 2.45) is 4.99 Å². The highest BCUT2D eigenvalue weighted by Crippen LogP contribution is 2.38. The summed E-state index contributed by atoms with van der Waals surface area (Å²) in [6.07, 6.45) is 4.46. The number of imidazole rings is 1. The van der Waals surface area contributed by atoms with Crippen molar-refractivity contribution in [3.63, 3.8) is 0 Å². The maximum atomic E-state index is 13.7. The van der Waals surface area contributed by atoms with Gasteiger partial charge < -0.3 is 21.3 Å². The molecule has 1 aromatic carbocycles. The van der Waals surface area contributed by atoms with Gasteiger partial charge in [-0.25, -0.2) is 15.0 Å². The van der Waals surface area contributed by atoms with Gasteiger partial charge in [0.15, 0.2) is 0 Å². The number of hydrogen-bond acceptors (Lipinski definition) is 7. The Balaban J connectivity index is 1.31. The normalized spacial score (nSPS) is 24.6. The molecule has 0 bridgehead atoms. The van der Waals surface area contributed by atoms with E-state index in [-0.39, 0.29) is 29.2 Å². The fraction of sp³-hybridized carbons (Fsp3) is 0.346. The Labute approximate surface area is 220 Å². The van der Waals surface area contributed by atoms with Crippen molar-refractivity contribution < 1.29 is 22.8 Å². The highest BCUT2D eigenvalue weighted by Gasteiger charge is 2.55. The van der Waals surface area contributed by atoms with Crippen LogP contribution in [0.4, 0.5) is 19.0 Å². The predicted octanol–water partition coefficient (Wildman–Crippen LogP) is 2.98. The molecule has 10 nitrogen and oxygen atoms in total. The molecule has 0 aliphatic carbocycles. The minimum atomic E-state index is -4.84. The highest BCUT2D eigenvalue weighted by atomic mass is 19.4. The molecule has 1 unspecified atom stereocenters. The zero-order valence-electron chi connectivity index (χ0n) is 20.7. The van der Waals surface area contributed by atoms with Crippen LogP contribution in [0.1, 0.15) is 47.8 Å². The number of fused-ring (bicyclic) bond motifs is 2. The number of benzene rings is 1. The van der Waals surface area contributed by atoms with Crippen LogP contribution >= 0.6 is 0 Å². The molecule has 2 fully saturated rings. The minimum Gasteiger partial charge on any atom is -0.382 e. The first-order chi connectivity index (χ1) is 18.7. The molecule has 0 radical (unpaired) electrons. The van der Waals surface area contributed by atoms with E-state index < -0.39 is 17.7 Å². The average molecular weight is 539 g/mol. The van der Waals surface area contributed by atoms with Gasteiger partial charge in [-0.2, -0.15) is 13.2 Å². The molecule has 3 aromatic rings. The van der Waals surface area contributed by atoms with Crippen molar-refractivity contribution in [3.05, 3.63) is 60.3 Å². The van der Waals surface area contributed by atoms with Crippen LogP contribution < -0.4 is 16.4 Å². The number of carbonyl (C=O) groups is 2. The van der Waals surface area contributed by atoms with Crippen LogP contribution in [0, 0.1) is 0 Å². The van der Waals surface area contributed by atoms with E-state index in [0.29, 0.717) is 29.7 Å². The lowest BCUT2D eigenvalue weighted by atomic mass is 9.92. The maximum absolute atomic E-state index is 13.7. The van der Waals surface area contributed by atoms with Gasteiger partial charge in [0.25, 0.3) is 11.6 Å². The first kappa shape index (κ1) is 24.9. The van der Waals surface area contributed by atoms with E-state index in [4.69, 9.17) is 10.7 Å². The molecule has 39 heavy (non-hydrogen) atoms. The molecule has 13 heteroatoms. The Kier molecular flexibility index (Phi) is 5.81. The zero-order valence-corrected chi connectivity index (χ0v) is 20.7. The summed E-state index contributed by atoms with van der Waals surface area (Å²) in [4.78, 5) is 39.7. The maximum Gasteiger partial charge on any atom is 0.436 e. The molecule has 202 valence electrons. The van der Waals surface area contributed by atoms with Gasteiger partial charge in [-0.15, -0.1) is 0 Å². The third-order valence-electron chi connectivity index (χ3n) is 7.61. The van der Waals surface area contributed by atoms with Crippen LogP contribution in [-0.4, -0.2) is 61.8 Å². The standard InChI is InChI=1S/C26H25F3N8O2/c27-26(28,29)25(9-10-31-14-33-25)35-24(39)16-3-1-15(2-4-16)20-21-22(30)32-11-12-36(21)23(34-20)17-5-6-18-7-8-19(38)37(18)13-17/h1-4,9-12,14,17-18H,5-8,13H2,(H2,30,32)(H,31,33)(H,35,39)/t17-,18+,25?/m1/s1. The number of nitrogens with two attached hydrogens (primary N) is 1. The Morgan fingerprint density at radius 3 is 2.69 bits per heavy atom. The monoisotopic (exact) mass is 538 g/mol. The molecular weight excluding hydrogens is 513 g/mol. The molecule has 0 spiro atoms. The molecule has 3 aliphatic rings. The second-order valence-corrected chi connectivity index (χ2v) is 9.92.